The highest BCUT2D eigenvalue weighted by Crippen LogP contribution is 2.21. The fraction of sp³-hybridized carbons (Fsp3) is 0.150. The molecule has 5 nitrogen and oxygen atoms in total. The van der Waals surface area contributed by atoms with Crippen molar-refractivity contribution in [2.75, 3.05) is 11.9 Å². The van der Waals surface area contributed by atoms with E-state index in [1.54, 1.807) is 6.07 Å². The Morgan fingerprint density at radius 1 is 1.37 bits per heavy atom. The molecule has 27 heavy (non-hydrogen) atoms. The van der Waals surface area contributed by atoms with Crippen LogP contribution in [-0.4, -0.2) is 28.2 Å². The van der Waals surface area contributed by atoms with Crippen LogP contribution in [0.3, 0.4) is 0 Å². The van der Waals surface area contributed by atoms with E-state index in [-0.39, 0.29) is 11.0 Å². The first-order chi connectivity index (χ1) is 13.1. The SMILES string of the molecule is C=N/C=C(\C=C(/C)F)c1cc(Cl)nc(NCCc2c[nH]c3ccccc23)n1. The van der Waals surface area contributed by atoms with Crippen molar-refractivity contribution in [2.24, 2.45) is 4.99 Å². The highest BCUT2D eigenvalue weighted by atomic mass is 35.5. The molecule has 0 bridgehead atoms. The molecule has 3 aromatic rings. The van der Waals surface area contributed by atoms with Crippen molar-refractivity contribution < 1.29 is 4.39 Å². The average Bonchev–Trinajstić information content (AvgIpc) is 3.04. The van der Waals surface area contributed by atoms with E-state index in [0.29, 0.717) is 23.8 Å². The fourth-order valence-electron chi connectivity index (χ4n) is 2.78. The van der Waals surface area contributed by atoms with E-state index in [4.69, 9.17) is 11.6 Å². The van der Waals surface area contributed by atoms with Crippen LogP contribution < -0.4 is 5.32 Å². The average molecular weight is 384 g/mol. The fourth-order valence-corrected chi connectivity index (χ4v) is 2.97. The maximum absolute atomic E-state index is 13.3. The Labute approximate surface area is 161 Å². The van der Waals surface area contributed by atoms with E-state index in [2.05, 4.69) is 38.0 Å². The zero-order chi connectivity index (χ0) is 19.2. The second-order valence-electron chi connectivity index (χ2n) is 5.93. The predicted octanol–water partition coefficient (Wildman–Crippen LogP) is 5.18. The Morgan fingerprint density at radius 3 is 2.96 bits per heavy atom. The lowest BCUT2D eigenvalue weighted by atomic mass is 10.1. The van der Waals surface area contributed by atoms with Gasteiger partial charge in [-0.3, -0.25) is 4.99 Å². The van der Waals surface area contributed by atoms with Crippen molar-refractivity contribution in [2.45, 2.75) is 13.3 Å². The van der Waals surface area contributed by atoms with Crippen molar-refractivity contribution in [1.29, 1.82) is 0 Å². The third-order valence-corrected chi connectivity index (χ3v) is 4.12. The largest absolute Gasteiger partial charge is 0.361 e. The van der Waals surface area contributed by atoms with Crippen molar-refractivity contribution in [1.82, 2.24) is 15.0 Å². The molecule has 0 aliphatic heterocycles. The zero-order valence-corrected chi connectivity index (χ0v) is 15.6. The number of rotatable bonds is 7. The lowest BCUT2D eigenvalue weighted by Gasteiger charge is -2.08. The molecule has 2 aromatic heterocycles. The molecule has 0 amide bonds. The highest BCUT2D eigenvalue weighted by molar-refractivity contribution is 6.29. The van der Waals surface area contributed by atoms with Crippen LogP contribution >= 0.6 is 11.6 Å². The number of allylic oxidation sites excluding steroid dienone is 3. The van der Waals surface area contributed by atoms with Gasteiger partial charge in [0.25, 0.3) is 0 Å². The summed E-state index contributed by atoms with van der Waals surface area (Å²) in [6, 6.07) is 9.70. The number of fused-ring (bicyclic) bond motifs is 1. The van der Waals surface area contributed by atoms with Gasteiger partial charge in [0, 0.05) is 41.5 Å². The molecule has 0 aliphatic carbocycles. The third kappa shape index (κ3) is 4.80. The van der Waals surface area contributed by atoms with Gasteiger partial charge in [0.1, 0.15) is 5.15 Å². The summed E-state index contributed by atoms with van der Waals surface area (Å²) in [7, 11) is 0. The summed E-state index contributed by atoms with van der Waals surface area (Å²) in [6.45, 7) is 5.38. The summed E-state index contributed by atoms with van der Waals surface area (Å²) in [5, 5.41) is 4.62. The molecule has 1 aromatic carbocycles. The van der Waals surface area contributed by atoms with Crippen LogP contribution in [0.15, 0.2) is 59.6 Å². The normalized spacial score (nSPS) is 12.4. The highest BCUT2D eigenvalue weighted by Gasteiger charge is 2.08. The number of aliphatic imine (C=N–C) groups is 1. The minimum atomic E-state index is -0.367. The standard InChI is InChI=1S/C20H19ClFN5/c1-13(22)9-15(11-23-2)18-10-19(21)27-20(26-18)24-8-7-14-12-25-17-6-4-3-5-16(14)17/h3-6,9-12,25H,2,7-8H2,1H3,(H,24,26,27)/b13-9+,15-11+. The van der Waals surface area contributed by atoms with E-state index in [1.165, 1.54) is 30.1 Å². The topological polar surface area (TPSA) is 66.0 Å². The van der Waals surface area contributed by atoms with Gasteiger partial charge >= 0.3 is 0 Å². The molecule has 0 radical (unpaired) electrons. The molecule has 138 valence electrons. The van der Waals surface area contributed by atoms with Crippen LogP contribution in [0.5, 0.6) is 0 Å². The lowest BCUT2D eigenvalue weighted by molar-refractivity contribution is 0.641. The Hall–Kier alpha value is -2.99. The van der Waals surface area contributed by atoms with Crippen LogP contribution in [0.2, 0.25) is 5.15 Å². The first kappa shape index (κ1) is 18.8. The summed E-state index contributed by atoms with van der Waals surface area (Å²) in [5.74, 6) is 0.00527. The molecule has 0 saturated heterocycles. The Bertz CT molecular complexity index is 1020. The minimum absolute atomic E-state index is 0.259. The van der Waals surface area contributed by atoms with Gasteiger partial charge in [-0.05, 0) is 37.8 Å². The summed E-state index contributed by atoms with van der Waals surface area (Å²) in [6.07, 6.45) is 5.54. The number of hydrogen-bond acceptors (Lipinski definition) is 4. The monoisotopic (exact) mass is 383 g/mol. The number of anilines is 1. The van der Waals surface area contributed by atoms with Crippen LogP contribution in [0.4, 0.5) is 10.3 Å². The van der Waals surface area contributed by atoms with E-state index < -0.39 is 0 Å². The molecule has 3 rings (SSSR count). The molecule has 7 heteroatoms. The first-order valence-corrected chi connectivity index (χ1v) is 8.78. The molecule has 0 saturated carbocycles. The summed E-state index contributed by atoms with van der Waals surface area (Å²) in [5.41, 5.74) is 3.24. The van der Waals surface area contributed by atoms with E-state index >= 15 is 0 Å². The van der Waals surface area contributed by atoms with Crippen molar-refractivity contribution in [3.05, 3.63) is 71.0 Å². The molecule has 2 heterocycles. The van der Waals surface area contributed by atoms with Gasteiger partial charge in [0.05, 0.1) is 11.5 Å². The summed E-state index contributed by atoms with van der Waals surface area (Å²) >= 11 is 6.10. The van der Waals surface area contributed by atoms with Crippen LogP contribution in [0.25, 0.3) is 16.5 Å². The number of halogens is 2. The summed E-state index contributed by atoms with van der Waals surface area (Å²) < 4.78 is 13.3. The quantitative estimate of drug-likeness (QED) is 0.335. The maximum Gasteiger partial charge on any atom is 0.224 e. The number of nitrogens with one attached hydrogen (secondary N) is 2. The van der Waals surface area contributed by atoms with Gasteiger partial charge in [-0.2, -0.15) is 0 Å². The van der Waals surface area contributed by atoms with Gasteiger partial charge in [0.2, 0.25) is 5.95 Å². The Balaban J connectivity index is 1.75. The first-order valence-electron chi connectivity index (χ1n) is 8.40. The number of nitrogens with zero attached hydrogens (tertiary/aromatic N) is 3. The number of hydrogen-bond donors (Lipinski definition) is 2. The molecule has 0 aliphatic rings. The number of aromatic nitrogens is 3. The smallest absolute Gasteiger partial charge is 0.224 e. The van der Waals surface area contributed by atoms with Gasteiger partial charge in [0.15, 0.2) is 0 Å². The van der Waals surface area contributed by atoms with Crippen molar-refractivity contribution in [3.63, 3.8) is 0 Å². The van der Waals surface area contributed by atoms with Gasteiger partial charge in [-0.15, -0.1) is 0 Å². The third-order valence-electron chi connectivity index (χ3n) is 3.93. The Kier molecular flexibility index (Phi) is 5.98. The number of H-pyrrole nitrogens is 1. The van der Waals surface area contributed by atoms with Gasteiger partial charge in [-0.1, -0.05) is 29.8 Å². The number of benzene rings is 1. The van der Waals surface area contributed by atoms with Crippen LogP contribution in [-0.2, 0) is 6.42 Å². The van der Waals surface area contributed by atoms with E-state index in [9.17, 15) is 4.39 Å². The Morgan fingerprint density at radius 2 is 2.19 bits per heavy atom. The molecular formula is C20H19ClFN5. The molecule has 0 unspecified atom stereocenters. The predicted molar refractivity (Wildman–Crippen MR) is 110 cm³/mol. The molecule has 2 N–H and O–H groups in total. The van der Waals surface area contributed by atoms with Crippen LogP contribution in [0, 0.1) is 0 Å². The minimum Gasteiger partial charge on any atom is -0.361 e. The van der Waals surface area contributed by atoms with Gasteiger partial charge in [-0.25, -0.2) is 14.4 Å². The molecular weight excluding hydrogens is 365 g/mol. The van der Waals surface area contributed by atoms with Crippen molar-refractivity contribution >= 4 is 40.7 Å². The maximum atomic E-state index is 13.3. The number of para-hydroxylation sites is 1. The van der Waals surface area contributed by atoms with E-state index in [0.717, 1.165) is 11.9 Å². The second kappa shape index (κ2) is 8.60. The number of aromatic amines is 1. The van der Waals surface area contributed by atoms with Crippen LogP contribution in [0.1, 0.15) is 18.2 Å². The molecule has 0 fully saturated rings. The molecule has 0 atom stereocenters. The van der Waals surface area contributed by atoms with Gasteiger partial charge < -0.3 is 10.3 Å². The van der Waals surface area contributed by atoms with Crippen molar-refractivity contribution in [3.8, 4) is 0 Å². The van der Waals surface area contributed by atoms with E-state index in [1.807, 2.05) is 24.4 Å². The second-order valence-corrected chi connectivity index (χ2v) is 6.32. The summed E-state index contributed by atoms with van der Waals surface area (Å²) in [4.78, 5) is 15.5. The zero-order valence-electron chi connectivity index (χ0n) is 14.8. The lowest BCUT2D eigenvalue weighted by Crippen LogP contribution is -2.09. The molecule has 0 spiro atoms.